The summed E-state index contributed by atoms with van der Waals surface area (Å²) in [5.41, 5.74) is 14.0. The van der Waals surface area contributed by atoms with Gasteiger partial charge in [-0.05, 0) is 36.9 Å². The van der Waals surface area contributed by atoms with Gasteiger partial charge in [-0.3, -0.25) is 0 Å². The number of hydrogen-bond acceptors (Lipinski definition) is 2. The quantitative estimate of drug-likeness (QED) is 0.813. The van der Waals surface area contributed by atoms with E-state index < -0.39 is 0 Å². The first-order valence-corrected chi connectivity index (χ1v) is 5.32. The number of hydrogen-bond donors (Lipinski definition) is 2. The van der Waals surface area contributed by atoms with Crippen LogP contribution in [0.25, 0.3) is 0 Å². The maximum Gasteiger partial charge on any atom is 0.0295 e. The maximum absolute atomic E-state index is 6.02. The van der Waals surface area contributed by atoms with Gasteiger partial charge in [0, 0.05) is 6.04 Å². The van der Waals surface area contributed by atoms with E-state index in [0.29, 0.717) is 0 Å². The van der Waals surface area contributed by atoms with Gasteiger partial charge in [0.25, 0.3) is 0 Å². The molecule has 1 atom stereocenters. The molecular formula is C12H21ClN2. The zero-order chi connectivity index (χ0) is 10.4. The van der Waals surface area contributed by atoms with Crippen molar-refractivity contribution in [3.05, 3.63) is 35.4 Å². The van der Waals surface area contributed by atoms with Crippen LogP contribution >= 0.6 is 12.4 Å². The van der Waals surface area contributed by atoms with Gasteiger partial charge in [-0.15, -0.1) is 12.4 Å². The van der Waals surface area contributed by atoms with E-state index in [1.54, 1.807) is 0 Å². The molecule has 1 rings (SSSR count). The van der Waals surface area contributed by atoms with Gasteiger partial charge in [0.05, 0.1) is 0 Å². The number of benzene rings is 1. The molecule has 1 aromatic rings. The molecule has 3 heteroatoms. The lowest BCUT2D eigenvalue weighted by atomic mass is 10.0. The third kappa shape index (κ3) is 4.65. The minimum absolute atomic E-state index is 0. The van der Waals surface area contributed by atoms with Crippen LogP contribution in [0.4, 0.5) is 0 Å². The van der Waals surface area contributed by atoms with Crippen molar-refractivity contribution in [1.29, 1.82) is 0 Å². The van der Waals surface area contributed by atoms with Crippen LogP contribution in [0.15, 0.2) is 24.3 Å². The predicted octanol–water partition coefficient (Wildman–Crippen LogP) is 2.41. The van der Waals surface area contributed by atoms with E-state index >= 15 is 0 Å². The average Bonchev–Trinajstić information content (AvgIpc) is 2.26. The summed E-state index contributed by atoms with van der Waals surface area (Å²) in [6.07, 6.45) is 3.05. The maximum atomic E-state index is 6.02. The molecule has 0 heterocycles. The Morgan fingerprint density at radius 2 is 1.80 bits per heavy atom. The molecule has 0 aromatic heterocycles. The Balaban J connectivity index is 0.00000196. The van der Waals surface area contributed by atoms with E-state index in [2.05, 4.69) is 31.2 Å². The van der Waals surface area contributed by atoms with Gasteiger partial charge in [0.2, 0.25) is 0 Å². The first kappa shape index (κ1) is 14.4. The van der Waals surface area contributed by atoms with Gasteiger partial charge in [-0.25, -0.2) is 0 Å². The zero-order valence-electron chi connectivity index (χ0n) is 9.28. The van der Waals surface area contributed by atoms with Crippen molar-refractivity contribution >= 4 is 12.4 Å². The zero-order valence-corrected chi connectivity index (χ0v) is 10.1. The lowest BCUT2D eigenvalue weighted by Gasteiger charge is -2.11. The molecule has 0 fully saturated rings. The fourth-order valence-electron chi connectivity index (χ4n) is 1.50. The molecular weight excluding hydrogens is 208 g/mol. The third-order valence-corrected chi connectivity index (χ3v) is 2.54. The molecule has 0 aliphatic rings. The Bertz CT molecular complexity index is 259. The third-order valence-electron chi connectivity index (χ3n) is 2.54. The Labute approximate surface area is 98.5 Å². The van der Waals surface area contributed by atoms with Crippen LogP contribution in [0.3, 0.4) is 0 Å². The minimum atomic E-state index is 0. The number of aryl methyl sites for hydroxylation is 1. The summed E-state index contributed by atoms with van der Waals surface area (Å²) in [5, 5.41) is 0. The highest BCUT2D eigenvalue weighted by atomic mass is 35.5. The minimum Gasteiger partial charge on any atom is -0.330 e. The van der Waals surface area contributed by atoms with E-state index in [1.165, 1.54) is 11.1 Å². The summed E-state index contributed by atoms with van der Waals surface area (Å²) in [4.78, 5) is 0. The van der Waals surface area contributed by atoms with Crippen LogP contribution in [0.2, 0.25) is 0 Å². The number of rotatable bonds is 5. The lowest BCUT2D eigenvalue weighted by molar-refractivity contribution is 0.618. The molecule has 1 aromatic carbocycles. The molecule has 2 nitrogen and oxygen atoms in total. The Kier molecular flexibility index (Phi) is 7.39. The van der Waals surface area contributed by atoms with Crippen molar-refractivity contribution in [1.82, 2.24) is 0 Å². The average molecular weight is 229 g/mol. The summed E-state index contributed by atoms with van der Waals surface area (Å²) in [6.45, 7) is 2.88. The Morgan fingerprint density at radius 1 is 1.20 bits per heavy atom. The molecule has 0 saturated carbocycles. The van der Waals surface area contributed by atoms with Crippen molar-refractivity contribution in [2.24, 2.45) is 11.5 Å². The van der Waals surface area contributed by atoms with Crippen LogP contribution in [0.5, 0.6) is 0 Å². The first-order chi connectivity index (χ1) is 6.77. The van der Waals surface area contributed by atoms with E-state index in [-0.39, 0.29) is 18.4 Å². The van der Waals surface area contributed by atoms with Crippen LogP contribution in [0, 0.1) is 0 Å². The van der Waals surface area contributed by atoms with E-state index in [9.17, 15) is 0 Å². The second kappa shape index (κ2) is 7.69. The SMILES string of the molecule is CCc1ccc([C@H](N)CCCN)cc1.Cl. The van der Waals surface area contributed by atoms with Crippen LogP contribution in [-0.2, 0) is 6.42 Å². The standard InChI is InChI=1S/C12H20N2.ClH/c1-2-10-5-7-11(8-6-10)12(14)4-3-9-13;/h5-8,12H,2-4,9,13-14H2,1H3;1H/t12-;/m1./s1. The summed E-state index contributed by atoms with van der Waals surface area (Å²) < 4.78 is 0. The fourth-order valence-corrected chi connectivity index (χ4v) is 1.50. The highest BCUT2D eigenvalue weighted by molar-refractivity contribution is 5.85. The van der Waals surface area contributed by atoms with Gasteiger partial charge in [0.1, 0.15) is 0 Å². The normalized spacial score (nSPS) is 11.9. The smallest absolute Gasteiger partial charge is 0.0295 e. The van der Waals surface area contributed by atoms with Gasteiger partial charge in [-0.1, -0.05) is 31.2 Å². The topological polar surface area (TPSA) is 52.0 Å². The first-order valence-electron chi connectivity index (χ1n) is 5.32. The number of nitrogens with two attached hydrogens (primary N) is 2. The summed E-state index contributed by atoms with van der Waals surface area (Å²) in [6, 6.07) is 8.69. The molecule has 0 radical (unpaired) electrons. The number of halogens is 1. The molecule has 4 N–H and O–H groups in total. The second-order valence-corrected chi connectivity index (χ2v) is 3.63. The van der Waals surface area contributed by atoms with Crippen LogP contribution in [-0.4, -0.2) is 6.54 Å². The Hall–Kier alpha value is -0.570. The van der Waals surface area contributed by atoms with Gasteiger partial charge < -0.3 is 11.5 Å². The van der Waals surface area contributed by atoms with Crippen molar-refractivity contribution in [2.75, 3.05) is 6.54 Å². The summed E-state index contributed by atoms with van der Waals surface area (Å²) >= 11 is 0. The molecule has 0 unspecified atom stereocenters. The van der Waals surface area contributed by atoms with Crippen molar-refractivity contribution in [2.45, 2.75) is 32.2 Å². The van der Waals surface area contributed by atoms with Gasteiger partial charge in [0.15, 0.2) is 0 Å². The molecule has 0 aliphatic heterocycles. The van der Waals surface area contributed by atoms with Gasteiger partial charge in [-0.2, -0.15) is 0 Å². The predicted molar refractivity (Wildman–Crippen MR) is 68.3 cm³/mol. The van der Waals surface area contributed by atoms with Crippen LogP contribution < -0.4 is 11.5 Å². The highest BCUT2D eigenvalue weighted by Gasteiger charge is 2.04. The summed E-state index contributed by atoms with van der Waals surface area (Å²) in [5.74, 6) is 0. The highest BCUT2D eigenvalue weighted by Crippen LogP contribution is 2.16. The van der Waals surface area contributed by atoms with Crippen LogP contribution in [0.1, 0.15) is 36.9 Å². The molecule has 0 bridgehead atoms. The van der Waals surface area contributed by atoms with E-state index in [4.69, 9.17) is 11.5 Å². The Morgan fingerprint density at radius 3 is 2.27 bits per heavy atom. The van der Waals surface area contributed by atoms with Crippen molar-refractivity contribution < 1.29 is 0 Å². The van der Waals surface area contributed by atoms with Gasteiger partial charge >= 0.3 is 0 Å². The van der Waals surface area contributed by atoms with E-state index in [0.717, 1.165) is 25.8 Å². The second-order valence-electron chi connectivity index (χ2n) is 3.63. The molecule has 0 amide bonds. The molecule has 15 heavy (non-hydrogen) atoms. The monoisotopic (exact) mass is 228 g/mol. The van der Waals surface area contributed by atoms with Crippen molar-refractivity contribution in [3.63, 3.8) is 0 Å². The largest absolute Gasteiger partial charge is 0.330 e. The lowest BCUT2D eigenvalue weighted by Crippen LogP contribution is -2.12. The molecule has 0 saturated heterocycles. The molecule has 86 valence electrons. The summed E-state index contributed by atoms with van der Waals surface area (Å²) in [7, 11) is 0. The van der Waals surface area contributed by atoms with Crippen molar-refractivity contribution in [3.8, 4) is 0 Å². The molecule has 0 aliphatic carbocycles. The fraction of sp³-hybridized carbons (Fsp3) is 0.500. The van der Waals surface area contributed by atoms with E-state index in [1.807, 2.05) is 0 Å². The molecule has 0 spiro atoms.